The molecular formula is C12H19N3O6S2. The lowest BCUT2D eigenvalue weighted by molar-refractivity contribution is -0.384. The molecule has 0 amide bonds. The number of sulfonamides is 1. The minimum Gasteiger partial charge on any atom is -0.379 e. The van der Waals surface area contributed by atoms with Gasteiger partial charge in [0, 0.05) is 24.1 Å². The van der Waals surface area contributed by atoms with E-state index in [0.717, 1.165) is 6.07 Å². The average molecular weight is 365 g/mol. The van der Waals surface area contributed by atoms with Crippen LogP contribution in [0.3, 0.4) is 0 Å². The molecule has 1 saturated heterocycles. The Morgan fingerprint density at radius 3 is 2.48 bits per heavy atom. The van der Waals surface area contributed by atoms with E-state index in [4.69, 9.17) is 5.14 Å². The molecular weight excluding hydrogens is 346 g/mol. The highest BCUT2D eigenvalue weighted by Crippen LogP contribution is 2.45. The zero-order valence-electron chi connectivity index (χ0n) is 12.2. The smallest absolute Gasteiger partial charge is 0.293 e. The van der Waals surface area contributed by atoms with E-state index in [1.165, 1.54) is 12.1 Å². The van der Waals surface area contributed by atoms with Crippen LogP contribution in [0.2, 0.25) is 0 Å². The van der Waals surface area contributed by atoms with Crippen LogP contribution in [-0.4, -0.2) is 40.5 Å². The maximum atomic E-state index is 11.3. The molecule has 0 spiro atoms. The van der Waals surface area contributed by atoms with Crippen molar-refractivity contribution in [1.82, 2.24) is 0 Å². The number of primary sulfonamides is 1. The fourth-order valence-corrected chi connectivity index (χ4v) is 4.56. The first-order chi connectivity index (χ1) is 10.6. The van der Waals surface area contributed by atoms with Crippen LogP contribution in [-0.2, 0) is 10.0 Å². The Balaban J connectivity index is 2.09. The third-order valence-corrected chi connectivity index (χ3v) is 6.47. The summed E-state index contributed by atoms with van der Waals surface area (Å²) < 4.78 is 41.7. The van der Waals surface area contributed by atoms with Gasteiger partial charge < -0.3 is 5.32 Å². The second-order valence-electron chi connectivity index (χ2n) is 5.52. The first-order valence-electron chi connectivity index (χ1n) is 6.87. The normalized spacial score (nSPS) is 20.0. The zero-order chi connectivity index (χ0) is 17.3. The summed E-state index contributed by atoms with van der Waals surface area (Å²) >= 11 is 0. The van der Waals surface area contributed by atoms with Gasteiger partial charge in [-0.1, -0.05) is 0 Å². The Bertz CT molecular complexity index is 697. The van der Waals surface area contributed by atoms with E-state index in [9.17, 15) is 27.6 Å². The number of anilines is 1. The minimum absolute atomic E-state index is 0.174. The van der Waals surface area contributed by atoms with Crippen LogP contribution in [0.4, 0.5) is 11.4 Å². The van der Waals surface area contributed by atoms with Crippen molar-refractivity contribution in [2.75, 3.05) is 23.4 Å². The van der Waals surface area contributed by atoms with Crippen molar-refractivity contribution in [1.29, 1.82) is 0 Å². The molecule has 5 N–H and O–H groups in total. The number of nitrogens with zero attached hydrogens (tertiary/aromatic N) is 1. The van der Waals surface area contributed by atoms with E-state index < -0.39 is 25.5 Å². The molecule has 130 valence electrons. The summed E-state index contributed by atoms with van der Waals surface area (Å²) in [5, 5.41) is 19.0. The van der Waals surface area contributed by atoms with Crippen LogP contribution in [0.25, 0.3) is 0 Å². The van der Waals surface area contributed by atoms with Crippen LogP contribution in [0.5, 0.6) is 0 Å². The van der Waals surface area contributed by atoms with Gasteiger partial charge in [-0.2, -0.15) is 10.6 Å². The van der Waals surface area contributed by atoms with Crippen molar-refractivity contribution in [3.8, 4) is 0 Å². The summed E-state index contributed by atoms with van der Waals surface area (Å²) in [5.74, 6) is 0.852. The van der Waals surface area contributed by atoms with Gasteiger partial charge in [-0.05, 0) is 30.9 Å². The number of benzene rings is 1. The van der Waals surface area contributed by atoms with Crippen molar-refractivity contribution in [3.63, 3.8) is 0 Å². The first kappa shape index (κ1) is 17.9. The van der Waals surface area contributed by atoms with E-state index in [1.807, 2.05) is 0 Å². The molecule has 0 aromatic heterocycles. The average Bonchev–Trinajstić information content (AvgIpc) is 2.45. The maximum absolute atomic E-state index is 11.3. The van der Waals surface area contributed by atoms with Gasteiger partial charge in [0.15, 0.2) is 0 Å². The van der Waals surface area contributed by atoms with E-state index in [2.05, 4.69) is 5.32 Å². The summed E-state index contributed by atoms with van der Waals surface area (Å²) in [7, 11) is -6.47. The lowest BCUT2D eigenvalue weighted by Gasteiger charge is -2.39. The van der Waals surface area contributed by atoms with E-state index in [-0.39, 0.29) is 22.2 Å². The van der Waals surface area contributed by atoms with Gasteiger partial charge in [0.2, 0.25) is 10.0 Å². The molecule has 2 rings (SSSR count). The SMILES string of the molecule is NS(=O)(=O)c1ccc(NCC2CCS(O)(O)CC2)c([N+](=O)[O-])c1. The summed E-state index contributed by atoms with van der Waals surface area (Å²) in [4.78, 5) is 10.1. The molecule has 0 saturated carbocycles. The Kier molecular flexibility index (Phi) is 5.16. The van der Waals surface area contributed by atoms with Crippen molar-refractivity contribution in [2.45, 2.75) is 17.7 Å². The van der Waals surface area contributed by atoms with Crippen molar-refractivity contribution in [3.05, 3.63) is 28.3 Å². The predicted octanol–water partition coefficient (Wildman–Crippen LogP) is 1.81. The number of hydrogen-bond acceptors (Lipinski definition) is 7. The Morgan fingerprint density at radius 1 is 1.35 bits per heavy atom. The van der Waals surface area contributed by atoms with Gasteiger partial charge in [0.25, 0.3) is 5.69 Å². The highest BCUT2D eigenvalue weighted by Gasteiger charge is 2.25. The molecule has 0 aliphatic carbocycles. The third kappa shape index (κ3) is 4.78. The third-order valence-electron chi connectivity index (χ3n) is 3.78. The zero-order valence-corrected chi connectivity index (χ0v) is 13.8. The molecule has 0 atom stereocenters. The highest BCUT2D eigenvalue weighted by atomic mass is 32.3. The number of nitrogens with one attached hydrogen (secondary N) is 1. The summed E-state index contributed by atoms with van der Waals surface area (Å²) in [5.41, 5.74) is -0.156. The lowest BCUT2D eigenvalue weighted by atomic mass is 10.0. The second-order valence-corrected chi connectivity index (χ2v) is 9.50. The fourth-order valence-electron chi connectivity index (χ4n) is 2.40. The van der Waals surface area contributed by atoms with Gasteiger partial charge >= 0.3 is 0 Å². The molecule has 0 unspecified atom stereocenters. The van der Waals surface area contributed by atoms with Crippen molar-refractivity contribution >= 4 is 32.0 Å². The molecule has 11 heteroatoms. The van der Waals surface area contributed by atoms with Gasteiger partial charge in [-0.3, -0.25) is 19.2 Å². The van der Waals surface area contributed by atoms with Gasteiger partial charge in [-0.15, -0.1) is 0 Å². The molecule has 1 aliphatic rings. The van der Waals surface area contributed by atoms with Crippen LogP contribution in [0.1, 0.15) is 12.8 Å². The monoisotopic (exact) mass is 365 g/mol. The lowest BCUT2D eigenvalue weighted by Crippen LogP contribution is -2.25. The maximum Gasteiger partial charge on any atom is 0.293 e. The molecule has 23 heavy (non-hydrogen) atoms. The van der Waals surface area contributed by atoms with E-state index in [1.54, 1.807) is 0 Å². The largest absolute Gasteiger partial charge is 0.379 e. The molecule has 1 aliphatic heterocycles. The Hall–Kier alpha value is -1.40. The molecule has 0 bridgehead atoms. The molecule has 1 heterocycles. The number of nitrogens with two attached hydrogens (primary N) is 1. The molecule has 1 aromatic rings. The van der Waals surface area contributed by atoms with Gasteiger partial charge in [-0.25, -0.2) is 13.6 Å². The van der Waals surface area contributed by atoms with Crippen LogP contribution in [0.15, 0.2) is 23.1 Å². The van der Waals surface area contributed by atoms with Crippen LogP contribution in [0, 0.1) is 16.0 Å². The summed E-state index contributed by atoms with van der Waals surface area (Å²) in [6.45, 7) is 0.436. The number of hydrogen-bond donors (Lipinski definition) is 4. The topological polar surface area (TPSA) is 156 Å². The second kappa shape index (κ2) is 6.61. The molecule has 1 fully saturated rings. The summed E-state index contributed by atoms with van der Waals surface area (Å²) in [6, 6.07) is 3.45. The Morgan fingerprint density at radius 2 is 1.96 bits per heavy atom. The standard InChI is InChI=1S/C12H19N3O6S2/c13-23(20,21)10-1-2-11(12(7-10)15(16)17)14-8-9-3-5-22(18,19)6-4-9/h1-2,7,9,14,18-19H,3-6,8H2,(H2,13,20,21). The number of nitro benzene ring substituents is 1. The minimum atomic E-state index is -4.01. The van der Waals surface area contributed by atoms with Crippen molar-refractivity contribution in [2.24, 2.45) is 11.1 Å². The molecule has 0 radical (unpaired) electrons. The van der Waals surface area contributed by atoms with Gasteiger partial charge in [0.05, 0.1) is 9.82 Å². The van der Waals surface area contributed by atoms with Crippen LogP contribution >= 0.6 is 10.6 Å². The van der Waals surface area contributed by atoms with Crippen molar-refractivity contribution < 1.29 is 22.4 Å². The quantitative estimate of drug-likeness (QED) is 0.458. The van der Waals surface area contributed by atoms with E-state index >= 15 is 0 Å². The predicted molar refractivity (Wildman–Crippen MR) is 88.3 cm³/mol. The summed E-state index contributed by atoms with van der Waals surface area (Å²) in [6.07, 6.45) is 1.25. The van der Waals surface area contributed by atoms with Crippen LogP contribution < -0.4 is 10.5 Å². The molecule has 9 nitrogen and oxygen atoms in total. The van der Waals surface area contributed by atoms with Gasteiger partial charge in [0.1, 0.15) is 5.69 Å². The number of nitro groups is 1. The van der Waals surface area contributed by atoms with E-state index in [0.29, 0.717) is 30.9 Å². The first-order valence-corrected chi connectivity index (χ1v) is 10.3. The molecule has 1 aromatic carbocycles. The highest BCUT2D eigenvalue weighted by molar-refractivity contribution is 8.24. The number of rotatable bonds is 5. The Labute approximate surface area is 135 Å². The fraction of sp³-hybridized carbons (Fsp3) is 0.500.